The summed E-state index contributed by atoms with van der Waals surface area (Å²) in [6, 6.07) is 18.3. The Morgan fingerprint density at radius 3 is 2.35 bits per heavy atom. The Bertz CT molecular complexity index is 496. The Morgan fingerprint density at radius 1 is 1.00 bits per heavy atom. The summed E-state index contributed by atoms with van der Waals surface area (Å²) in [6.07, 6.45) is 0. The minimum Gasteiger partial charge on any atom is -0.489 e. The summed E-state index contributed by atoms with van der Waals surface area (Å²) in [7, 11) is 0. The first-order valence-electron chi connectivity index (χ1n) is 6.88. The summed E-state index contributed by atoms with van der Waals surface area (Å²) in [5.41, 5.74) is 2.34. The summed E-state index contributed by atoms with van der Waals surface area (Å²) >= 11 is 0. The van der Waals surface area contributed by atoms with Crippen LogP contribution in [-0.4, -0.2) is 17.8 Å². The molecule has 106 valence electrons. The molecule has 0 aliphatic carbocycles. The van der Waals surface area contributed by atoms with Gasteiger partial charge in [-0.3, -0.25) is 0 Å². The van der Waals surface area contributed by atoms with E-state index >= 15 is 0 Å². The zero-order valence-corrected chi connectivity index (χ0v) is 11.8. The lowest BCUT2D eigenvalue weighted by molar-refractivity contribution is 0.251. The van der Waals surface area contributed by atoms with Crippen molar-refractivity contribution in [3.8, 4) is 5.75 Å². The SMILES string of the molecule is C[C@H](CO)NCc1ccc(OCc2ccccc2)cc1. The number of aliphatic hydroxyl groups excluding tert-OH is 1. The van der Waals surface area contributed by atoms with Crippen LogP contribution in [0.5, 0.6) is 5.75 Å². The van der Waals surface area contributed by atoms with Gasteiger partial charge in [-0.25, -0.2) is 0 Å². The first kappa shape index (κ1) is 14.6. The molecule has 2 N–H and O–H groups in total. The van der Waals surface area contributed by atoms with Gasteiger partial charge in [-0.05, 0) is 30.2 Å². The van der Waals surface area contributed by atoms with E-state index in [0.29, 0.717) is 6.61 Å². The van der Waals surface area contributed by atoms with Gasteiger partial charge >= 0.3 is 0 Å². The summed E-state index contributed by atoms with van der Waals surface area (Å²) < 4.78 is 5.73. The van der Waals surface area contributed by atoms with Crippen LogP contribution in [0.4, 0.5) is 0 Å². The molecule has 0 unspecified atom stereocenters. The predicted octanol–water partition coefficient (Wildman–Crippen LogP) is 2.74. The summed E-state index contributed by atoms with van der Waals surface area (Å²) in [5, 5.41) is 12.2. The van der Waals surface area contributed by atoms with Gasteiger partial charge in [0.25, 0.3) is 0 Å². The number of nitrogens with one attached hydrogen (secondary N) is 1. The number of benzene rings is 2. The number of hydrogen-bond donors (Lipinski definition) is 2. The van der Waals surface area contributed by atoms with Crippen molar-refractivity contribution in [2.24, 2.45) is 0 Å². The van der Waals surface area contributed by atoms with E-state index in [0.717, 1.165) is 17.9 Å². The highest BCUT2D eigenvalue weighted by molar-refractivity contribution is 5.27. The van der Waals surface area contributed by atoms with Gasteiger partial charge in [-0.2, -0.15) is 0 Å². The Balaban J connectivity index is 1.82. The Hall–Kier alpha value is -1.84. The molecule has 2 rings (SSSR count). The molecule has 1 atom stereocenters. The molecule has 2 aromatic rings. The number of hydrogen-bond acceptors (Lipinski definition) is 3. The van der Waals surface area contributed by atoms with E-state index in [1.54, 1.807) is 0 Å². The molecule has 3 heteroatoms. The molecule has 0 heterocycles. The largest absolute Gasteiger partial charge is 0.489 e. The first-order chi connectivity index (χ1) is 9.78. The lowest BCUT2D eigenvalue weighted by Gasteiger charge is -2.11. The molecule has 20 heavy (non-hydrogen) atoms. The van der Waals surface area contributed by atoms with Gasteiger partial charge in [0.05, 0.1) is 6.61 Å². The first-order valence-corrected chi connectivity index (χ1v) is 6.88. The lowest BCUT2D eigenvalue weighted by Crippen LogP contribution is -2.28. The van der Waals surface area contributed by atoms with Crippen LogP contribution in [0.25, 0.3) is 0 Å². The van der Waals surface area contributed by atoms with Crippen molar-refractivity contribution < 1.29 is 9.84 Å². The average Bonchev–Trinajstić information content (AvgIpc) is 2.52. The molecular weight excluding hydrogens is 250 g/mol. The average molecular weight is 271 g/mol. The molecule has 0 spiro atoms. The van der Waals surface area contributed by atoms with Gasteiger partial charge in [0, 0.05) is 12.6 Å². The van der Waals surface area contributed by atoms with Crippen LogP contribution in [0.3, 0.4) is 0 Å². The third-order valence-electron chi connectivity index (χ3n) is 3.10. The molecule has 0 aliphatic heterocycles. The van der Waals surface area contributed by atoms with Gasteiger partial charge in [0.2, 0.25) is 0 Å². The predicted molar refractivity (Wildman–Crippen MR) is 80.6 cm³/mol. The van der Waals surface area contributed by atoms with Crippen LogP contribution in [0, 0.1) is 0 Å². The number of ether oxygens (including phenoxy) is 1. The van der Waals surface area contributed by atoms with Crippen molar-refractivity contribution in [1.82, 2.24) is 5.32 Å². The van der Waals surface area contributed by atoms with Crippen molar-refractivity contribution in [1.29, 1.82) is 0 Å². The molecule has 3 nitrogen and oxygen atoms in total. The maximum atomic E-state index is 8.95. The standard InChI is InChI=1S/C17H21NO2/c1-14(12-19)18-11-15-7-9-17(10-8-15)20-13-16-5-3-2-4-6-16/h2-10,14,18-19H,11-13H2,1H3/t14-/m1/s1. The highest BCUT2D eigenvalue weighted by atomic mass is 16.5. The molecule has 0 bridgehead atoms. The fourth-order valence-electron chi connectivity index (χ4n) is 1.80. The topological polar surface area (TPSA) is 41.5 Å². The molecule has 0 saturated carbocycles. The monoisotopic (exact) mass is 271 g/mol. The fourth-order valence-corrected chi connectivity index (χ4v) is 1.80. The van der Waals surface area contributed by atoms with E-state index in [1.807, 2.05) is 49.4 Å². The van der Waals surface area contributed by atoms with Crippen LogP contribution in [0.15, 0.2) is 54.6 Å². The molecule has 0 radical (unpaired) electrons. The maximum Gasteiger partial charge on any atom is 0.119 e. The highest BCUT2D eigenvalue weighted by Crippen LogP contribution is 2.14. The lowest BCUT2D eigenvalue weighted by atomic mass is 10.2. The third kappa shape index (κ3) is 4.68. The minimum absolute atomic E-state index is 0.115. The van der Waals surface area contributed by atoms with Crippen molar-refractivity contribution in [2.45, 2.75) is 26.1 Å². The van der Waals surface area contributed by atoms with Crippen molar-refractivity contribution in [3.05, 3.63) is 65.7 Å². The van der Waals surface area contributed by atoms with E-state index in [4.69, 9.17) is 9.84 Å². The van der Waals surface area contributed by atoms with Crippen LogP contribution in [0.1, 0.15) is 18.1 Å². The number of aliphatic hydroxyl groups is 1. The van der Waals surface area contributed by atoms with E-state index in [1.165, 1.54) is 5.56 Å². The Kier molecular flexibility index (Phi) is 5.59. The summed E-state index contributed by atoms with van der Waals surface area (Å²) in [4.78, 5) is 0. The zero-order chi connectivity index (χ0) is 14.2. The highest BCUT2D eigenvalue weighted by Gasteiger charge is 2.00. The second-order valence-electron chi connectivity index (χ2n) is 4.88. The van der Waals surface area contributed by atoms with E-state index in [-0.39, 0.29) is 12.6 Å². The second kappa shape index (κ2) is 7.68. The molecule has 0 aliphatic rings. The van der Waals surface area contributed by atoms with Crippen LogP contribution in [0.2, 0.25) is 0 Å². The maximum absolute atomic E-state index is 8.95. The van der Waals surface area contributed by atoms with E-state index < -0.39 is 0 Å². The second-order valence-corrected chi connectivity index (χ2v) is 4.88. The van der Waals surface area contributed by atoms with Crippen molar-refractivity contribution >= 4 is 0 Å². The van der Waals surface area contributed by atoms with Gasteiger partial charge in [-0.15, -0.1) is 0 Å². The molecule has 0 fully saturated rings. The van der Waals surface area contributed by atoms with Crippen molar-refractivity contribution in [3.63, 3.8) is 0 Å². The molecule has 0 amide bonds. The summed E-state index contributed by atoms with van der Waals surface area (Å²) in [6.45, 7) is 3.44. The van der Waals surface area contributed by atoms with Gasteiger partial charge in [0.1, 0.15) is 12.4 Å². The third-order valence-corrected chi connectivity index (χ3v) is 3.10. The smallest absolute Gasteiger partial charge is 0.119 e. The molecule has 2 aromatic carbocycles. The van der Waals surface area contributed by atoms with E-state index in [9.17, 15) is 0 Å². The number of rotatable bonds is 7. The molecule has 0 aromatic heterocycles. The Labute approximate surface area is 120 Å². The van der Waals surface area contributed by atoms with Gasteiger partial charge < -0.3 is 15.2 Å². The van der Waals surface area contributed by atoms with Crippen LogP contribution in [-0.2, 0) is 13.2 Å². The van der Waals surface area contributed by atoms with Crippen LogP contribution >= 0.6 is 0 Å². The van der Waals surface area contributed by atoms with Crippen LogP contribution < -0.4 is 10.1 Å². The quantitative estimate of drug-likeness (QED) is 0.813. The Morgan fingerprint density at radius 2 is 1.70 bits per heavy atom. The fraction of sp³-hybridized carbons (Fsp3) is 0.294. The zero-order valence-electron chi connectivity index (χ0n) is 11.8. The normalized spacial score (nSPS) is 12.1. The van der Waals surface area contributed by atoms with Crippen molar-refractivity contribution in [2.75, 3.05) is 6.61 Å². The summed E-state index contributed by atoms with van der Waals surface area (Å²) in [5.74, 6) is 0.868. The molecular formula is C17H21NO2. The van der Waals surface area contributed by atoms with E-state index in [2.05, 4.69) is 17.4 Å². The van der Waals surface area contributed by atoms with Gasteiger partial charge in [0.15, 0.2) is 0 Å². The minimum atomic E-state index is 0.115. The van der Waals surface area contributed by atoms with Gasteiger partial charge in [-0.1, -0.05) is 42.5 Å². The molecule has 0 saturated heterocycles.